The number of allylic oxidation sites excluding steroid dienone is 12. The number of hydrogen-bond acceptors (Lipinski definition) is 14. The number of carbonyl (C=O) groups is 1. The molecule has 14 nitrogen and oxygen atoms in total. The molecule has 2 aliphatic rings. The fraction of sp³-hybridized carbons (Fsp3) is 0.800. The van der Waals surface area contributed by atoms with Gasteiger partial charge in [-0.3, -0.25) is 4.79 Å². The van der Waals surface area contributed by atoms with Gasteiger partial charge in [0.1, 0.15) is 54.9 Å². The van der Waals surface area contributed by atoms with E-state index in [0.717, 1.165) is 83.5 Å². The van der Waals surface area contributed by atoms with Gasteiger partial charge in [-0.15, -0.1) is 0 Å². The van der Waals surface area contributed by atoms with E-state index in [1.54, 1.807) is 0 Å². The molecule has 79 heavy (non-hydrogen) atoms. The number of hydrogen-bond donors (Lipinski definition) is 7. The van der Waals surface area contributed by atoms with Crippen LogP contribution < -0.4 is 0 Å². The highest BCUT2D eigenvalue weighted by molar-refractivity contribution is 5.69. The van der Waals surface area contributed by atoms with Gasteiger partial charge in [-0.1, -0.05) is 215 Å². The molecule has 11 atom stereocenters. The van der Waals surface area contributed by atoms with Crippen molar-refractivity contribution in [1.29, 1.82) is 0 Å². The fourth-order valence-electron chi connectivity index (χ4n) is 9.66. The summed E-state index contributed by atoms with van der Waals surface area (Å²) in [5, 5.41) is 72.5. The molecule has 0 amide bonds. The molecule has 0 aromatic carbocycles. The number of ether oxygens (including phenoxy) is 6. The minimum absolute atomic E-state index is 0.0508. The molecule has 2 saturated heterocycles. The average molecular weight is 1120 g/mol. The second kappa shape index (κ2) is 51.1. The Morgan fingerprint density at radius 1 is 0.430 bits per heavy atom. The van der Waals surface area contributed by atoms with E-state index < -0.39 is 86.7 Å². The molecule has 0 bridgehead atoms. The molecule has 0 radical (unpaired) electrons. The molecule has 0 aliphatic carbocycles. The summed E-state index contributed by atoms with van der Waals surface area (Å²) < 4.78 is 34.4. The molecular formula is C65H114O14. The first kappa shape index (κ1) is 72.5. The van der Waals surface area contributed by atoms with Crippen molar-refractivity contribution in [2.45, 2.75) is 300 Å². The standard InChI is InChI=1S/C65H114O14/c1-3-5-7-9-11-13-15-17-19-21-23-25-26-27-29-31-33-35-37-39-41-43-45-47-49-74-51-54(52-75-64-63(73)61(71)59(69)56(79-64)53-76-65-62(72)60(70)58(68)55(50-66)78-65)77-57(67)48-46-44-42-40-38-36-34-32-30-28-24-22-20-18-16-14-12-10-8-6-4-2/h6,8,12,14,18,20-21,23-24,28,32,34,54-56,58-66,68-73H,3-5,7,9-11,13,15-17,19,22,25-27,29-31,33,35-53H2,1-2H3/b8-6-,14-12-,20-18-,23-21-,28-24-,34-32-. The highest BCUT2D eigenvalue weighted by Gasteiger charge is 2.47. The summed E-state index contributed by atoms with van der Waals surface area (Å²) in [7, 11) is 0. The Kier molecular flexibility index (Phi) is 46.9. The lowest BCUT2D eigenvalue weighted by atomic mass is 9.98. The van der Waals surface area contributed by atoms with Crippen LogP contribution in [0.2, 0.25) is 0 Å². The van der Waals surface area contributed by atoms with E-state index in [1.807, 2.05) is 0 Å². The number of aliphatic hydroxyl groups excluding tert-OH is 7. The van der Waals surface area contributed by atoms with E-state index in [0.29, 0.717) is 13.0 Å². The highest BCUT2D eigenvalue weighted by Crippen LogP contribution is 2.27. The van der Waals surface area contributed by atoms with Gasteiger partial charge < -0.3 is 64.2 Å². The summed E-state index contributed by atoms with van der Waals surface area (Å²) in [6, 6.07) is 0. The lowest BCUT2D eigenvalue weighted by molar-refractivity contribution is -0.332. The minimum atomic E-state index is -1.71. The van der Waals surface area contributed by atoms with Crippen LogP contribution in [0.25, 0.3) is 0 Å². The van der Waals surface area contributed by atoms with Crippen molar-refractivity contribution < 1.29 is 69.0 Å². The van der Waals surface area contributed by atoms with Crippen LogP contribution in [0, 0.1) is 0 Å². The van der Waals surface area contributed by atoms with E-state index in [4.69, 9.17) is 28.4 Å². The molecule has 11 unspecified atom stereocenters. The van der Waals surface area contributed by atoms with E-state index in [2.05, 4.69) is 86.8 Å². The molecule has 2 aliphatic heterocycles. The lowest BCUT2D eigenvalue weighted by Gasteiger charge is -2.42. The molecule has 0 spiro atoms. The van der Waals surface area contributed by atoms with Crippen LogP contribution in [0.15, 0.2) is 72.9 Å². The monoisotopic (exact) mass is 1120 g/mol. The molecule has 0 aromatic rings. The molecule has 458 valence electrons. The van der Waals surface area contributed by atoms with E-state index >= 15 is 0 Å². The van der Waals surface area contributed by atoms with Gasteiger partial charge >= 0.3 is 5.97 Å². The minimum Gasteiger partial charge on any atom is -0.457 e. The Hall–Kier alpha value is -2.57. The summed E-state index contributed by atoms with van der Waals surface area (Å²) in [5.41, 5.74) is 0. The van der Waals surface area contributed by atoms with Gasteiger partial charge in [0.2, 0.25) is 0 Å². The summed E-state index contributed by atoms with van der Waals surface area (Å²) in [6.45, 7) is 3.57. The van der Waals surface area contributed by atoms with Crippen molar-refractivity contribution in [1.82, 2.24) is 0 Å². The maximum atomic E-state index is 13.1. The first-order valence-corrected chi connectivity index (χ1v) is 31.5. The zero-order valence-corrected chi connectivity index (χ0v) is 49.3. The third kappa shape index (κ3) is 37.3. The molecule has 7 N–H and O–H groups in total. The van der Waals surface area contributed by atoms with Crippen LogP contribution in [0.4, 0.5) is 0 Å². The second-order valence-corrected chi connectivity index (χ2v) is 21.8. The Morgan fingerprint density at radius 3 is 1.30 bits per heavy atom. The van der Waals surface area contributed by atoms with Gasteiger partial charge in [0.15, 0.2) is 12.6 Å². The number of unbranched alkanes of at least 4 members (excludes halogenated alkanes) is 25. The summed E-state index contributed by atoms with van der Waals surface area (Å²) in [6.07, 6.45) is 49.6. The third-order valence-electron chi connectivity index (χ3n) is 14.7. The molecule has 2 fully saturated rings. The predicted molar refractivity (Wildman–Crippen MR) is 316 cm³/mol. The Labute approximate surface area is 478 Å². The van der Waals surface area contributed by atoms with Crippen LogP contribution in [0.5, 0.6) is 0 Å². The van der Waals surface area contributed by atoms with E-state index in [1.165, 1.54) is 122 Å². The highest BCUT2D eigenvalue weighted by atomic mass is 16.7. The molecular weight excluding hydrogens is 1000 g/mol. The maximum absolute atomic E-state index is 13.1. The maximum Gasteiger partial charge on any atom is 0.306 e. The van der Waals surface area contributed by atoms with Crippen LogP contribution in [0.1, 0.15) is 232 Å². The van der Waals surface area contributed by atoms with Gasteiger partial charge in [-0.2, -0.15) is 0 Å². The normalized spacial score (nSPS) is 24.5. The Bertz CT molecular complexity index is 1580. The van der Waals surface area contributed by atoms with Crippen molar-refractivity contribution in [3.63, 3.8) is 0 Å². The molecule has 0 saturated carbocycles. The topological polar surface area (TPSA) is 214 Å². The molecule has 2 rings (SSSR count). The molecule has 0 aromatic heterocycles. The van der Waals surface area contributed by atoms with Crippen LogP contribution in [-0.4, -0.2) is 142 Å². The van der Waals surface area contributed by atoms with Crippen molar-refractivity contribution in [2.75, 3.05) is 33.0 Å². The second-order valence-electron chi connectivity index (χ2n) is 21.8. The SMILES string of the molecule is CC/C=C\C/C=C\C/C=C\C/C=C\C/C=C\CCCCCCCC(=O)OC(COCCCCCCCCCCCCCC/C=C\CCCCCCCCCC)COC1OC(COC2OC(CO)C(O)C(O)C2O)C(O)C(O)C1O. The van der Waals surface area contributed by atoms with Gasteiger partial charge in [-0.25, -0.2) is 0 Å². The van der Waals surface area contributed by atoms with Gasteiger partial charge in [0, 0.05) is 13.0 Å². The van der Waals surface area contributed by atoms with Crippen LogP contribution >= 0.6 is 0 Å². The van der Waals surface area contributed by atoms with Gasteiger partial charge in [0.05, 0.1) is 26.4 Å². The summed E-state index contributed by atoms with van der Waals surface area (Å²) in [5.74, 6) is -0.394. The van der Waals surface area contributed by atoms with Crippen molar-refractivity contribution >= 4 is 5.97 Å². The summed E-state index contributed by atoms with van der Waals surface area (Å²) >= 11 is 0. The number of esters is 1. The van der Waals surface area contributed by atoms with Crippen molar-refractivity contribution in [3.8, 4) is 0 Å². The Morgan fingerprint density at radius 2 is 0.823 bits per heavy atom. The number of rotatable bonds is 51. The zero-order valence-electron chi connectivity index (χ0n) is 49.3. The lowest BCUT2D eigenvalue weighted by Crippen LogP contribution is -2.61. The quantitative estimate of drug-likeness (QED) is 0.0172. The third-order valence-corrected chi connectivity index (χ3v) is 14.7. The van der Waals surface area contributed by atoms with Crippen molar-refractivity contribution in [3.05, 3.63) is 72.9 Å². The fourth-order valence-corrected chi connectivity index (χ4v) is 9.66. The van der Waals surface area contributed by atoms with Crippen molar-refractivity contribution in [2.24, 2.45) is 0 Å². The first-order chi connectivity index (χ1) is 38.6. The first-order valence-electron chi connectivity index (χ1n) is 31.5. The zero-order chi connectivity index (χ0) is 57.2. The van der Waals surface area contributed by atoms with E-state index in [9.17, 15) is 40.5 Å². The van der Waals surface area contributed by atoms with Crippen LogP contribution in [0.3, 0.4) is 0 Å². The molecule has 2 heterocycles. The summed E-state index contributed by atoms with van der Waals surface area (Å²) in [4.78, 5) is 13.1. The van der Waals surface area contributed by atoms with Gasteiger partial charge in [-0.05, 0) is 83.5 Å². The number of aliphatic hydroxyl groups is 7. The smallest absolute Gasteiger partial charge is 0.306 e. The van der Waals surface area contributed by atoms with E-state index in [-0.39, 0.29) is 19.6 Å². The van der Waals surface area contributed by atoms with Crippen LogP contribution in [-0.2, 0) is 33.2 Å². The average Bonchev–Trinajstić information content (AvgIpc) is 3.45. The molecule has 14 heteroatoms. The number of carbonyl (C=O) groups excluding carboxylic acids is 1. The Balaban J connectivity index is 1.69. The predicted octanol–water partition coefficient (Wildman–Crippen LogP) is 12.2. The largest absolute Gasteiger partial charge is 0.457 e. The van der Waals surface area contributed by atoms with Gasteiger partial charge in [0.25, 0.3) is 0 Å².